The molecule has 7 nitrogen and oxygen atoms in total. The Kier molecular flexibility index (Phi) is 6.64. The number of hydrogen-bond donors (Lipinski definition) is 1. The van der Waals surface area contributed by atoms with E-state index in [1.165, 1.54) is 12.0 Å². The van der Waals surface area contributed by atoms with Crippen molar-refractivity contribution in [3.8, 4) is 11.5 Å². The molecule has 1 aromatic carbocycles. The molecule has 0 saturated carbocycles. The lowest BCUT2D eigenvalue weighted by molar-refractivity contribution is -0.148. The number of aryl methyl sites for hydroxylation is 1. The minimum Gasteiger partial charge on any atom is -0.497 e. The quantitative estimate of drug-likeness (QED) is 0.768. The highest BCUT2D eigenvalue weighted by molar-refractivity contribution is 5.84. The van der Waals surface area contributed by atoms with E-state index in [1.807, 2.05) is 12.1 Å². The van der Waals surface area contributed by atoms with Crippen molar-refractivity contribution < 1.29 is 28.9 Å². The zero-order chi connectivity index (χ0) is 18.4. The fourth-order valence-electron chi connectivity index (χ4n) is 3.11. The Morgan fingerprint density at radius 2 is 2.00 bits per heavy atom. The molecule has 0 aromatic heterocycles. The molecule has 0 spiro atoms. The molecule has 1 N–H and O–H groups in total. The van der Waals surface area contributed by atoms with Crippen molar-refractivity contribution >= 4 is 11.9 Å². The van der Waals surface area contributed by atoms with Gasteiger partial charge in [0.05, 0.1) is 20.3 Å². The zero-order valence-corrected chi connectivity index (χ0v) is 14.9. The van der Waals surface area contributed by atoms with Crippen LogP contribution in [-0.4, -0.2) is 61.9 Å². The Morgan fingerprint density at radius 1 is 1.24 bits per heavy atom. The highest BCUT2D eigenvalue weighted by Crippen LogP contribution is 2.26. The van der Waals surface area contributed by atoms with Crippen LogP contribution in [0.15, 0.2) is 18.2 Å². The van der Waals surface area contributed by atoms with E-state index in [0.29, 0.717) is 31.6 Å². The molecule has 1 aromatic rings. The summed E-state index contributed by atoms with van der Waals surface area (Å²) in [4.78, 5) is 25.2. The maximum atomic E-state index is 12.4. The topological polar surface area (TPSA) is 85.3 Å². The van der Waals surface area contributed by atoms with Crippen LogP contribution in [0.1, 0.15) is 24.8 Å². The second kappa shape index (κ2) is 8.71. The fourth-order valence-corrected chi connectivity index (χ4v) is 3.11. The highest BCUT2D eigenvalue weighted by atomic mass is 16.5. The average Bonchev–Trinajstić information content (AvgIpc) is 3.06. The van der Waals surface area contributed by atoms with Crippen molar-refractivity contribution in [2.24, 2.45) is 0 Å². The van der Waals surface area contributed by atoms with Gasteiger partial charge in [0.15, 0.2) is 0 Å². The molecule has 1 amide bonds. The number of likely N-dealkylation sites (tertiary alicyclic amines) is 1. The third-order valence-electron chi connectivity index (χ3n) is 4.53. The van der Waals surface area contributed by atoms with Gasteiger partial charge in [-0.2, -0.15) is 0 Å². The monoisotopic (exact) mass is 351 g/mol. The van der Waals surface area contributed by atoms with Gasteiger partial charge in [0.25, 0.3) is 0 Å². The average molecular weight is 351 g/mol. The first-order valence-corrected chi connectivity index (χ1v) is 8.26. The second-order valence-electron chi connectivity index (χ2n) is 6.02. The van der Waals surface area contributed by atoms with Crippen LogP contribution in [0.2, 0.25) is 0 Å². The second-order valence-corrected chi connectivity index (χ2v) is 6.02. The maximum absolute atomic E-state index is 12.4. The maximum Gasteiger partial charge on any atom is 0.326 e. The van der Waals surface area contributed by atoms with Gasteiger partial charge < -0.3 is 24.2 Å². The number of rotatable bonds is 8. The Labute approximate surface area is 147 Å². The Hall–Kier alpha value is -2.28. The van der Waals surface area contributed by atoms with E-state index < -0.39 is 12.0 Å². The van der Waals surface area contributed by atoms with E-state index >= 15 is 0 Å². The summed E-state index contributed by atoms with van der Waals surface area (Å²) >= 11 is 0. The molecule has 25 heavy (non-hydrogen) atoms. The standard InChI is InChI=1S/C18H25NO6/c1-23-13-8-7-12(16(10-13)25-3)5-4-6-17(20)19-11-14(24-2)9-15(19)18(21)22/h7-8,10,14-15H,4-6,9,11H2,1-3H3,(H,21,22). The molecule has 1 fully saturated rings. The predicted molar refractivity (Wildman–Crippen MR) is 91.0 cm³/mol. The number of amides is 1. The van der Waals surface area contributed by atoms with Gasteiger partial charge in [-0.05, 0) is 24.5 Å². The number of aliphatic carboxylic acids is 1. The van der Waals surface area contributed by atoms with Gasteiger partial charge in [0, 0.05) is 32.6 Å². The van der Waals surface area contributed by atoms with Crippen molar-refractivity contribution in [1.82, 2.24) is 4.90 Å². The molecule has 7 heteroatoms. The van der Waals surface area contributed by atoms with E-state index in [-0.39, 0.29) is 18.4 Å². The third-order valence-corrected chi connectivity index (χ3v) is 4.53. The van der Waals surface area contributed by atoms with Crippen LogP contribution in [0.5, 0.6) is 11.5 Å². The molecule has 1 aliphatic rings. The van der Waals surface area contributed by atoms with Crippen molar-refractivity contribution in [2.45, 2.75) is 37.8 Å². The van der Waals surface area contributed by atoms with Crippen LogP contribution < -0.4 is 9.47 Å². The van der Waals surface area contributed by atoms with Gasteiger partial charge in [-0.15, -0.1) is 0 Å². The van der Waals surface area contributed by atoms with Crippen LogP contribution in [0.4, 0.5) is 0 Å². The lowest BCUT2D eigenvalue weighted by Gasteiger charge is -2.21. The number of benzene rings is 1. The first kappa shape index (κ1) is 19.1. The van der Waals surface area contributed by atoms with Crippen molar-refractivity contribution in [3.05, 3.63) is 23.8 Å². The molecular formula is C18H25NO6. The molecule has 138 valence electrons. The van der Waals surface area contributed by atoms with E-state index in [4.69, 9.17) is 14.2 Å². The first-order valence-electron chi connectivity index (χ1n) is 8.26. The number of carboxylic acids is 1. The van der Waals surface area contributed by atoms with Crippen LogP contribution >= 0.6 is 0 Å². The van der Waals surface area contributed by atoms with Gasteiger partial charge in [-0.1, -0.05) is 6.07 Å². The van der Waals surface area contributed by atoms with E-state index in [0.717, 1.165) is 11.3 Å². The molecule has 1 aliphatic heterocycles. The first-order chi connectivity index (χ1) is 12.0. The van der Waals surface area contributed by atoms with Gasteiger partial charge >= 0.3 is 5.97 Å². The summed E-state index contributed by atoms with van der Waals surface area (Å²) in [6.07, 6.45) is 1.69. The third kappa shape index (κ3) is 4.63. The van der Waals surface area contributed by atoms with E-state index in [9.17, 15) is 14.7 Å². The molecule has 1 heterocycles. The number of nitrogens with zero attached hydrogens (tertiary/aromatic N) is 1. The number of carbonyl (C=O) groups excluding carboxylic acids is 1. The van der Waals surface area contributed by atoms with Crippen LogP contribution in [0, 0.1) is 0 Å². The zero-order valence-electron chi connectivity index (χ0n) is 14.9. The van der Waals surface area contributed by atoms with Gasteiger partial charge in [-0.25, -0.2) is 4.79 Å². The number of methoxy groups -OCH3 is 3. The number of carbonyl (C=O) groups is 2. The van der Waals surface area contributed by atoms with Gasteiger partial charge in [-0.3, -0.25) is 4.79 Å². The summed E-state index contributed by atoms with van der Waals surface area (Å²) < 4.78 is 15.7. The largest absolute Gasteiger partial charge is 0.497 e. The predicted octanol–water partition coefficient (Wildman–Crippen LogP) is 1.73. The summed E-state index contributed by atoms with van der Waals surface area (Å²) in [6, 6.07) is 4.78. The van der Waals surface area contributed by atoms with E-state index in [1.54, 1.807) is 20.3 Å². The van der Waals surface area contributed by atoms with Gasteiger partial charge in [0.1, 0.15) is 17.5 Å². The number of ether oxygens (including phenoxy) is 3. The molecule has 0 aliphatic carbocycles. The summed E-state index contributed by atoms with van der Waals surface area (Å²) in [7, 11) is 4.72. The minimum atomic E-state index is -0.982. The van der Waals surface area contributed by atoms with Gasteiger partial charge in [0.2, 0.25) is 5.91 Å². The molecule has 1 saturated heterocycles. The Balaban J connectivity index is 1.93. The van der Waals surface area contributed by atoms with Crippen LogP contribution in [0.25, 0.3) is 0 Å². The molecular weight excluding hydrogens is 326 g/mol. The van der Waals surface area contributed by atoms with Crippen LogP contribution in [0.3, 0.4) is 0 Å². The lowest BCUT2D eigenvalue weighted by Crippen LogP contribution is -2.40. The number of carboxylic acid groups (broad SMARTS) is 1. The molecule has 0 bridgehead atoms. The summed E-state index contributed by atoms with van der Waals surface area (Å²) in [5.74, 6) is 0.295. The van der Waals surface area contributed by atoms with Crippen LogP contribution in [-0.2, 0) is 20.7 Å². The highest BCUT2D eigenvalue weighted by Gasteiger charge is 2.39. The van der Waals surface area contributed by atoms with Crippen molar-refractivity contribution in [1.29, 1.82) is 0 Å². The Bertz CT molecular complexity index is 618. The normalized spacial score (nSPS) is 19.7. The lowest BCUT2D eigenvalue weighted by atomic mass is 10.1. The molecule has 2 unspecified atom stereocenters. The van der Waals surface area contributed by atoms with Crippen molar-refractivity contribution in [2.75, 3.05) is 27.9 Å². The molecule has 0 radical (unpaired) electrons. The fraction of sp³-hybridized carbons (Fsp3) is 0.556. The Morgan fingerprint density at radius 3 is 2.60 bits per heavy atom. The SMILES string of the molecule is COc1ccc(CCCC(=O)N2CC(OC)CC2C(=O)O)c(OC)c1. The van der Waals surface area contributed by atoms with E-state index in [2.05, 4.69) is 0 Å². The summed E-state index contributed by atoms with van der Waals surface area (Å²) in [6.45, 7) is 0.332. The smallest absolute Gasteiger partial charge is 0.326 e. The summed E-state index contributed by atoms with van der Waals surface area (Å²) in [5.41, 5.74) is 0.988. The molecule has 2 rings (SSSR count). The van der Waals surface area contributed by atoms with Crippen molar-refractivity contribution in [3.63, 3.8) is 0 Å². The molecule has 2 atom stereocenters. The number of hydrogen-bond acceptors (Lipinski definition) is 5. The minimum absolute atomic E-state index is 0.153. The summed E-state index contributed by atoms with van der Waals surface area (Å²) in [5, 5.41) is 9.29.